The van der Waals surface area contributed by atoms with Crippen LogP contribution in [-0.4, -0.2) is 50.4 Å². The zero-order valence-corrected chi connectivity index (χ0v) is 14.1. The number of rotatable bonds is 6. The predicted octanol–water partition coefficient (Wildman–Crippen LogP) is 1.20. The number of ether oxygens (including phenoxy) is 1. The van der Waals surface area contributed by atoms with Crippen molar-refractivity contribution < 1.29 is 13.2 Å². The van der Waals surface area contributed by atoms with E-state index >= 15 is 0 Å². The lowest BCUT2D eigenvalue weighted by atomic mass is 10.00. The molecule has 2 rings (SSSR count). The number of hydrogen-bond acceptors (Lipinski definition) is 7. The normalized spacial score (nSPS) is 22.9. The standard InChI is InChI=1S/C12H22N4O3S2/c1-4-9-8(5-6-19-9)7-14-12-10(11(13)15-20-12)21(17,18)16(2)3/h8-9,14H,4-7H2,1-3H3,(H2,13,15). The minimum atomic E-state index is -3.60. The molecule has 0 saturated carbocycles. The summed E-state index contributed by atoms with van der Waals surface area (Å²) in [6, 6.07) is 0. The van der Waals surface area contributed by atoms with Gasteiger partial charge in [0.25, 0.3) is 0 Å². The molecule has 120 valence electrons. The van der Waals surface area contributed by atoms with Crippen LogP contribution in [0.2, 0.25) is 0 Å². The van der Waals surface area contributed by atoms with Crippen molar-refractivity contribution in [3.63, 3.8) is 0 Å². The van der Waals surface area contributed by atoms with Crippen LogP contribution < -0.4 is 11.1 Å². The fourth-order valence-corrected chi connectivity index (χ4v) is 4.52. The molecule has 2 heterocycles. The van der Waals surface area contributed by atoms with Crippen molar-refractivity contribution in [2.45, 2.75) is 30.8 Å². The van der Waals surface area contributed by atoms with E-state index in [2.05, 4.69) is 16.6 Å². The first kappa shape index (κ1) is 16.5. The first-order valence-corrected chi connectivity index (χ1v) is 9.12. The third-order valence-electron chi connectivity index (χ3n) is 3.69. The van der Waals surface area contributed by atoms with E-state index in [9.17, 15) is 8.42 Å². The molecule has 1 aromatic heterocycles. The summed E-state index contributed by atoms with van der Waals surface area (Å²) in [4.78, 5) is 0.0736. The second-order valence-corrected chi connectivity index (χ2v) is 8.12. The Morgan fingerprint density at radius 3 is 2.86 bits per heavy atom. The zero-order chi connectivity index (χ0) is 15.6. The van der Waals surface area contributed by atoms with E-state index in [1.165, 1.54) is 14.1 Å². The summed E-state index contributed by atoms with van der Waals surface area (Å²) < 4.78 is 35.4. The van der Waals surface area contributed by atoms with Crippen molar-refractivity contribution in [1.29, 1.82) is 0 Å². The van der Waals surface area contributed by atoms with Crippen molar-refractivity contribution in [3.8, 4) is 0 Å². The van der Waals surface area contributed by atoms with Gasteiger partial charge in [0.1, 0.15) is 5.00 Å². The quantitative estimate of drug-likeness (QED) is 0.811. The van der Waals surface area contributed by atoms with Crippen molar-refractivity contribution in [2.24, 2.45) is 5.92 Å². The highest BCUT2D eigenvalue weighted by atomic mass is 32.2. The third kappa shape index (κ3) is 3.31. The van der Waals surface area contributed by atoms with Gasteiger partial charge in [-0.15, -0.1) is 0 Å². The van der Waals surface area contributed by atoms with Gasteiger partial charge >= 0.3 is 0 Å². The van der Waals surface area contributed by atoms with Crippen LogP contribution >= 0.6 is 11.5 Å². The molecule has 0 aromatic carbocycles. The maximum atomic E-state index is 12.3. The summed E-state index contributed by atoms with van der Waals surface area (Å²) in [5.41, 5.74) is 5.73. The molecule has 0 radical (unpaired) electrons. The number of nitrogens with zero attached hydrogens (tertiary/aromatic N) is 2. The molecular weight excluding hydrogens is 312 g/mol. The summed E-state index contributed by atoms with van der Waals surface area (Å²) in [7, 11) is -0.637. The van der Waals surface area contributed by atoms with Gasteiger partial charge in [0, 0.05) is 33.2 Å². The Morgan fingerprint density at radius 2 is 2.24 bits per heavy atom. The fraction of sp³-hybridized carbons (Fsp3) is 0.750. The molecular formula is C12H22N4O3S2. The molecule has 9 heteroatoms. The van der Waals surface area contributed by atoms with Gasteiger partial charge in [0.15, 0.2) is 10.7 Å². The second kappa shape index (κ2) is 6.47. The number of nitrogens with one attached hydrogen (secondary N) is 1. The lowest BCUT2D eigenvalue weighted by Crippen LogP contribution is -2.25. The second-order valence-electron chi connectivity index (χ2n) is 5.26. The van der Waals surface area contributed by atoms with Gasteiger partial charge < -0.3 is 15.8 Å². The van der Waals surface area contributed by atoms with E-state index in [0.717, 1.165) is 35.3 Å². The molecule has 7 nitrogen and oxygen atoms in total. The first-order chi connectivity index (χ1) is 9.87. The largest absolute Gasteiger partial charge is 0.382 e. The molecule has 2 atom stereocenters. The van der Waals surface area contributed by atoms with E-state index in [4.69, 9.17) is 10.5 Å². The summed E-state index contributed by atoms with van der Waals surface area (Å²) in [5, 5.41) is 3.69. The van der Waals surface area contributed by atoms with Gasteiger partial charge in [-0.25, -0.2) is 12.7 Å². The number of hydrogen-bond donors (Lipinski definition) is 2. The highest BCUT2D eigenvalue weighted by Crippen LogP contribution is 2.34. The van der Waals surface area contributed by atoms with Crippen LogP contribution in [0.3, 0.4) is 0 Å². The molecule has 0 bridgehead atoms. The van der Waals surface area contributed by atoms with Gasteiger partial charge in [-0.3, -0.25) is 0 Å². The zero-order valence-electron chi connectivity index (χ0n) is 12.5. The van der Waals surface area contributed by atoms with E-state index in [1.807, 2.05) is 0 Å². The highest BCUT2D eigenvalue weighted by molar-refractivity contribution is 7.89. The Morgan fingerprint density at radius 1 is 1.52 bits per heavy atom. The Hall–Kier alpha value is -0.900. The Bertz CT molecular complexity index is 585. The summed E-state index contributed by atoms with van der Waals surface area (Å²) in [6.45, 7) is 3.52. The topological polar surface area (TPSA) is 97.5 Å². The van der Waals surface area contributed by atoms with Crippen LogP contribution in [0.15, 0.2) is 4.90 Å². The maximum absolute atomic E-state index is 12.3. The molecule has 0 amide bonds. The van der Waals surface area contributed by atoms with E-state index < -0.39 is 10.0 Å². The summed E-state index contributed by atoms with van der Waals surface area (Å²) in [6.07, 6.45) is 2.17. The molecule has 1 fully saturated rings. The van der Waals surface area contributed by atoms with Crippen molar-refractivity contribution in [3.05, 3.63) is 0 Å². The molecule has 1 aromatic rings. The minimum Gasteiger partial charge on any atom is -0.382 e. The van der Waals surface area contributed by atoms with E-state index in [-0.39, 0.29) is 16.8 Å². The van der Waals surface area contributed by atoms with Gasteiger partial charge in [-0.2, -0.15) is 4.37 Å². The summed E-state index contributed by atoms with van der Waals surface area (Å²) >= 11 is 1.08. The number of aromatic nitrogens is 1. The number of sulfonamides is 1. The Balaban J connectivity index is 2.15. The van der Waals surface area contributed by atoms with Crippen LogP contribution in [0.4, 0.5) is 10.8 Å². The molecule has 0 spiro atoms. The molecule has 2 unspecified atom stereocenters. The van der Waals surface area contributed by atoms with Crippen LogP contribution in [0, 0.1) is 5.92 Å². The first-order valence-electron chi connectivity index (χ1n) is 6.91. The summed E-state index contributed by atoms with van der Waals surface area (Å²) in [5.74, 6) is 0.430. The van der Waals surface area contributed by atoms with E-state index in [1.54, 1.807) is 0 Å². The van der Waals surface area contributed by atoms with Crippen molar-refractivity contribution in [2.75, 3.05) is 38.3 Å². The van der Waals surface area contributed by atoms with Crippen LogP contribution in [0.1, 0.15) is 19.8 Å². The minimum absolute atomic E-state index is 0.0471. The number of nitrogens with two attached hydrogens (primary N) is 1. The lowest BCUT2D eigenvalue weighted by Gasteiger charge is -2.18. The fourth-order valence-electron chi connectivity index (χ4n) is 2.44. The molecule has 0 aliphatic carbocycles. The molecule has 21 heavy (non-hydrogen) atoms. The molecule has 1 saturated heterocycles. The highest BCUT2D eigenvalue weighted by Gasteiger charge is 2.30. The third-order valence-corrected chi connectivity index (χ3v) is 6.53. The monoisotopic (exact) mass is 334 g/mol. The molecule has 3 N–H and O–H groups in total. The van der Waals surface area contributed by atoms with Crippen molar-refractivity contribution in [1.82, 2.24) is 8.68 Å². The number of nitrogen functional groups attached to an aromatic ring is 1. The van der Waals surface area contributed by atoms with Crippen LogP contribution in [-0.2, 0) is 14.8 Å². The predicted molar refractivity (Wildman–Crippen MR) is 84.0 cm³/mol. The SMILES string of the molecule is CCC1OCCC1CNc1snc(N)c1S(=O)(=O)N(C)C. The van der Waals surface area contributed by atoms with E-state index in [0.29, 0.717) is 17.5 Å². The Kier molecular flexibility index (Phi) is 5.07. The van der Waals surface area contributed by atoms with Crippen molar-refractivity contribution >= 4 is 32.4 Å². The van der Waals surface area contributed by atoms with Gasteiger partial charge in [-0.05, 0) is 24.4 Å². The van der Waals surface area contributed by atoms with Gasteiger partial charge in [0.2, 0.25) is 10.0 Å². The van der Waals surface area contributed by atoms with Gasteiger partial charge in [0.05, 0.1) is 6.10 Å². The maximum Gasteiger partial charge on any atom is 0.249 e. The number of anilines is 2. The van der Waals surface area contributed by atoms with Crippen LogP contribution in [0.25, 0.3) is 0 Å². The lowest BCUT2D eigenvalue weighted by molar-refractivity contribution is 0.0900. The average molecular weight is 334 g/mol. The smallest absolute Gasteiger partial charge is 0.249 e. The van der Waals surface area contributed by atoms with Gasteiger partial charge in [-0.1, -0.05) is 6.92 Å². The van der Waals surface area contributed by atoms with Crippen LogP contribution in [0.5, 0.6) is 0 Å². The molecule has 1 aliphatic heterocycles. The Labute approximate surface area is 129 Å². The average Bonchev–Trinajstić information content (AvgIpc) is 3.02. The molecule has 1 aliphatic rings.